The van der Waals surface area contributed by atoms with Gasteiger partial charge in [0.1, 0.15) is 24.3 Å². The Morgan fingerprint density at radius 1 is 1.08 bits per heavy atom. The van der Waals surface area contributed by atoms with Crippen molar-refractivity contribution in [1.29, 1.82) is 0 Å². The molecule has 2 aromatic heterocycles. The van der Waals surface area contributed by atoms with E-state index in [0.29, 0.717) is 22.2 Å². The van der Waals surface area contributed by atoms with Crippen molar-refractivity contribution in [3.63, 3.8) is 0 Å². The van der Waals surface area contributed by atoms with E-state index in [0.717, 1.165) is 0 Å². The van der Waals surface area contributed by atoms with Crippen molar-refractivity contribution in [2.24, 2.45) is 0 Å². The standard InChI is InChI=1S/C27H21ClN4O5/c1-2-27(16-35-24(33)17-9-5-3-6-10-17)20(36-25(34)18-11-7-4-8-12-18)15-21(37-27)32-14-13-19-22(29)30-26(28)31-23(19)32/h1,3-14,20-21H,15-16H2,(H2,29,30,31)/t20-,21+,27+/m0/s1. The van der Waals surface area contributed by atoms with E-state index in [1.807, 2.05) is 0 Å². The van der Waals surface area contributed by atoms with E-state index < -0.39 is 29.9 Å². The van der Waals surface area contributed by atoms with E-state index in [4.69, 9.17) is 38.0 Å². The molecule has 3 heterocycles. The van der Waals surface area contributed by atoms with Crippen molar-refractivity contribution in [2.75, 3.05) is 12.3 Å². The largest absolute Gasteiger partial charge is 0.458 e. The van der Waals surface area contributed by atoms with Crippen LogP contribution in [0.4, 0.5) is 5.82 Å². The van der Waals surface area contributed by atoms with Crippen LogP contribution in [0, 0.1) is 12.3 Å². The first kappa shape index (κ1) is 24.3. The molecule has 0 unspecified atom stereocenters. The number of rotatable bonds is 6. The average Bonchev–Trinajstić information content (AvgIpc) is 3.50. The highest BCUT2D eigenvalue weighted by molar-refractivity contribution is 6.28. The molecule has 0 amide bonds. The smallest absolute Gasteiger partial charge is 0.338 e. The number of carbonyl (C=O) groups is 2. The lowest BCUT2D eigenvalue weighted by Crippen LogP contribution is -2.45. The highest BCUT2D eigenvalue weighted by Gasteiger charge is 2.52. The Bertz CT molecular complexity index is 1500. The summed E-state index contributed by atoms with van der Waals surface area (Å²) in [6, 6.07) is 18.7. The summed E-state index contributed by atoms with van der Waals surface area (Å²) in [6.45, 7) is -0.350. The summed E-state index contributed by atoms with van der Waals surface area (Å²) >= 11 is 6.04. The van der Waals surface area contributed by atoms with E-state index in [-0.39, 0.29) is 24.1 Å². The summed E-state index contributed by atoms with van der Waals surface area (Å²) in [5, 5.41) is 0.537. The van der Waals surface area contributed by atoms with Crippen LogP contribution in [0.25, 0.3) is 11.0 Å². The topological polar surface area (TPSA) is 119 Å². The van der Waals surface area contributed by atoms with Gasteiger partial charge in [0.2, 0.25) is 10.9 Å². The van der Waals surface area contributed by atoms with Crippen LogP contribution in [-0.2, 0) is 14.2 Å². The molecule has 186 valence electrons. The maximum atomic E-state index is 12.9. The quantitative estimate of drug-likeness (QED) is 0.232. The molecule has 5 rings (SSSR count). The average molecular weight is 517 g/mol. The molecule has 0 saturated carbocycles. The molecule has 2 N–H and O–H groups in total. The lowest BCUT2D eigenvalue weighted by atomic mass is 9.98. The minimum Gasteiger partial charge on any atom is -0.458 e. The van der Waals surface area contributed by atoms with Crippen LogP contribution in [-0.4, -0.2) is 44.8 Å². The van der Waals surface area contributed by atoms with Crippen LogP contribution in [0.2, 0.25) is 5.28 Å². The van der Waals surface area contributed by atoms with Gasteiger partial charge in [-0.15, -0.1) is 6.42 Å². The van der Waals surface area contributed by atoms with E-state index in [2.05, 4.69) is 15.9 Å². The summed E-state index contributed by atoms with van der Waals surface area (Å²) in [5.74, 6) is 1.61. The number of benzene rings is 2. The lowest BCUT2D eigenvalue weighted by Gasteiger charge is -2.28. The van der Waals surface area contributed by atoms with Crippen LogP contribution < -0.4 is 5.73 Å². The van der Waals surface area contributed by atoms with Crippen LogP contribution in [0.5, 0.6) is 0 Å². The second-order valence-electron chi connectivity index (χ2n) is 8.38. The molecule has 0 bridgehead atoms. The molecule has 0 radical (unpaired) electrons. The van der Waals surface area contributed by atoms with Crippen LogP contribution in [0.3, 0.4) is 0 Å². The Morgan fingerprint density at radius 3 is 2.38 bits per heavy atom. The number of ether oxygens (including phenoxy) is 3. The van der Waals surface area contributed by atoms with Crippen molar-refractivity contribution in [3.05, 3.63) is 89.3 Å². The Kier molecular flexibility index (Phi) is 6.53. The number of hydrogen-bond acceptors (Lipinski definition) is 8. The van der Waals surface area contributed by atoms with Crippen molar-refractivity contribution < 1.29 is 23.8 Å². The third kappa shape index (κ3) is 4.72. The van der Waals surface area contributed by atoms with E-state index in [9.17, 15) is 9.59 Å². The molecular formula is C27H21ClN4O5. The fourth-order valence-corrected chi connectivity index (χ4v) is 4.38. The summed E-state index contributed by atoms with van der Waals surface area (Å²) in [4.78, 5) is 33.9. The normalized spacial score (nSPS) is 20.9. The van der Waals surface area contributed by atoms with Gasteiger partial charge in [0.25, 0.3) is 0 Å². The highest BCUT2D eigenvalue weighted by atomic mass is 35.5. The van der Waals surface area contributed by atoms with Crippen molar-refractivity contribution in [2.45, 2.75) is 24.4 Å². The fraction of sp³-hybridized carbons (Fsp3) is 0.185. The first-order valence-electron chi connectivity index (χ1n) is 11.3. The van der Waals surface area contributed by atoms with Crippen LogP contribution in [0.1, 0.15) is 33.4 Å². The predicted octanol–water partition coefficient (Wildman–Crippen LogP) is 4.04. The predicted molar refractivity (Wildman–Crippen MR) is 136 cm³/mol. The van der Waals surface area contributed by atoms with Crippen molar-refractivity contribution >= 4 is 40.4 Å². The highest BCUT2D eigenvalue weighted by Crippen LogP contribution is 2.41. The number of fused-ring (bicyclic) bond motifs is 1. The van der Waals surface area contributed by atoms with Gasteiger partial charge >= 0.3 is 11.9 Å². The second-order valence-corrected chi connectivity index (χ2v) is 8.72. The molecular weight excluding hydrogens is 496 g/mol. The zero-order valence-corrected chi connectivity index (χ0v) is 20.2. The second kappa shape index (κ2) is 9.93. The molecule has 4 aromatic rings. The van der Waals surface area contributed by atoms with Gasteiger partial charge in [-0.05, 0) is 41.9 Å². The number of hydrogen-bond donors (Lipinski definition) is 1. The molecule has 37 heavy (non-hydrogen) atoms. The molecule has 1 fully saturated rings. The maximum Gasteiger partial charge on any atom is 0.338 e. The molecule has 1 saturated heterocycles. The van der Waals surface area contributed by atoms with E-state index in [1.165, 1.54) is 0 Å². The van der Waals surface area contributed by atoms with Crippen LogP contribution >= 0.6 is 11.6 Å². The van der Waals surface area contributed by atoms with E-state index >= 15 is 0 Å². The lowest BCUT2D eigenvalue weighted by molar-refractivity contribution is -0.0966. The molecule has 1 aliphatic rings. The van der Waals surface area contributed by atoms with Gasteiger partial charge in [-0.25, -0.2) is 14.6 Å². The Labute approximate surface area is 217 Å². The van der Waals surface area contributed by atoms with Crippen molar-refractivity contribution in [1.82, 2.24) is 14.5 Å². The Balaban J connectivity index is 1.47. The van der Waals surface area contributed by atoms with Crippen molar-refractivity contribution in [3.8, 4) is 12.3 Å². The molecule has 9 nitrogen and oxygen atoms in total. The molecule has 1 aliphatic heterocycles. The minimum atomic E-state index is -1.57. The monoisotopic (exact) mass is 516 g/mol. The third-order valence-corrected chi connectivity index (χ3v) is 6.27. The summed E-state index contributed by atoms with van der Waals surface area (Å²) in [6.07, 6.45) is 6.11. The van der Waals surface area contributed by atoms with Gasteiger partial charge in [0.05, 0.1) is 16.5 Å². The number of carbonyl (C=O) groups excluding carboxylic acids is 2. The van der Waals surface area contributed by atoms with Gasteiger partial charge in [-0.1, -0.05) is 42.3 Å². The first-order valence-corrected chi connectivity index (χ1v) is 11.7. The summed E-state index contributed by atoms with van der Waals surface area (Å²) in [5.41, 5.74) is 5.54. The SMILES string of the molecule is C#C[C@]1(COC(=O)c2ccccc2)O[C@@H](n2ccc3c(N)nc(Cl)nc32)C[C@@H]1OC(=O)c1ccccc1. The van der Waals surface area contributed by atoms with Crippen LogP contribution in [0.15, 0.2) is 72.9 Å². The molecule has 10 heteroatoms. The van der Waals surface area contributed by atoms with Gasteiger partial charge in [0, 0.05) is 12.6 Å². The maximum absolute atomic E-state index is 12.9. The Hall–Kier alpha value is -4.39. The molecule has 2 aromatic carbocycles. The van der Waals surface area contributed by atoms with Gasteiger partial charge in [-0.3, -0.25) is 0 Å². The summed E-state index contributed by atoms with van der Waals surface area (Å²) in [7, 11) is 0. The first-order chi connectivity index (χ1) is 17.9. The zero-order chi connectivity index (χ0) is 26.0. The number of esters is 2. The number of nitrogens with zero attached hydrogens (tertiary/aromatic N) is 3. The Morgan fingerprint density at radius 2 is 1.73 bits per heavy atom. The summed E-state index contributed by atoms with van der Waals surface area (Å²) < 4.78 is 19.4. The molecule has 0 aliphatic carbocycles. The number of nitrogens with two attached hydrogens (primary N) is 1. The minimum absolute atomic E-state index is 0.0324. The third-order valence-electron chi connectivity index (χ3n) is 6.10. The number of nitrogen functional groups attached to an aromatic ring is 1. The van der Waals surface area contributed by atoms with Gasteiger partial charge in [0.15, 0.2) is 6.10 Å². The number of terminal acetylenes is 1. The number of halogens is 1. The molecule has 3 atom stereocenters. The van der Waals surface area contributed by atoms with Gasteiger partial charge < -0.3 is 24.5 Å². The van der Waals surface area contributed by atoms with Gasteiger partial charge in [-0.2, -0.15) is 4.98 Å². The molecule has 0 spiro atoms. The number of aromatic nitrogens is 3. The van der Waals surface area contributed by atoms with E-state index in [1.54, 1.807) is 77.5 Å². The zero-order valence-electron chi connectivity index (χ0n) is 19.4. The fourth-order valence-electron chi connectivity index (χ4n) is 4.21. The number of anilines is 1.